The van der Waals surface area contributed by atoms with Gasteiger partial charge in [-0.15, -0.1) is 0 Å². The third kappa shape index (κ3) is 6.94. The van der Waals surface area contributed by atoms with Crippen LogP contribution in [-0.4, -0.2) is 41.3 Å². The van der Waals surface area contributed by atoms with Gasteiger partial charge in [-0.1, -0.05) is 243 Å². The van der Waals surface area contributed by atoms with Crippen molar-refractivity contribution < 1.29 is 0 Å². The maximum Gasteiger partial charge on any atom is 0.240 e. The van der Waals surface area contributed by atoms with Crippen molar-refractivity contribution in [3.05, 3.63) is 297 Å². The van der Waals surface area contributed by atoms with E-state index in [1.54, 1.807) is 0 Å². The second-order valence-electron chi connectivity index (χ2n) is 21.5. The number of aromatic nitrogens is 7. The van der Waals surface area contributed by atoms with Crippen LogP contribution in [0.4, 0.5) is 0 Å². The molecule has 5 heterocycles. The highest BCUT2D eigenvalue weighted by Crippen LogP contribution is 2.43. The Morgan fingerprint density at radius 3 is 1.12 bits per heavy atom. The Hall–Kier alpha value is -10.9. The van der Waals surface area contributed by atoms with Gasteiger partial charge in [0.2, 0.25) is 11.9 Å². The first-order chi connectivity index (χ1) is 41.2. The monoisotopic (exact) mass is 1080 g/mol. The number of nitrogens with zero attached hydrogens (tertiary/aromatic N) is 7. The lowest BCUT2D eigenvalue weighted by Gasteiger charge is -2.34. The van der Waals surface area contributed by atoms with E-state index in [1.165, 1.54) is 47.9 Å². The predicted octanol–water partition coefficient (Wildman–Crippen LogP) is 15.3. The molecule has 5 aromatic heterocycles. The molecular weight excluding hydrogens is 1030 g/mol. The standard InChI is InChI=1S/C75H49N7Si/c1-4-26-51(27-5-1)83(52-28-6-2-7-29-52,53-30-8-3-9-31-53)54-32-22-25-50(49-54)73-76-74(81-64-42-18-12-35-57(64)58-36-13-19-43-65(58)81)78-75(77-73)82-66-44-20-14-37-59(66)60-39-23-48-70(72(60)82)80-67-45-21-15-38-61(67)71-68(46-24-47-69(71)80)79-62-40-16-10-33-55(62)56-34-11-17-41-63(56)79/h1-49H. The molecule has 0 saturated carbocycles. The van der Waals surface area contributed by atoms with E-state index in [2.05, 4.69) is 316 Å². The largest absolute Gasteiger partial charge is 0.309 e. The minimum Gasteiger partial charge on any atom is -0.309 e. The molecule has 0 spiro atoms. The molecule has 12 aromatic carbocycles. The summed E-state index contributed by atoms with van der Waals surface area (Å²) >= 11 is 0. The van der Waals surface area contributed by atoms with Gasteiger partial charge in [0, 0.05) is 48.7 Å². The van der Waals surface area contributed by atoms with E-state index in [-0.39, 0.29) is 0 Å². The summed E-state index contributed by atoms with van der Waals surface area (Å²) in [6.07, 6.45) is 0. The van der Waals surface area contributed by atoms with Gasteiger partial charge in [0.05, 0.1) is 55.5 Å². The Labute approximate surface area is 478 Å². The molecule has 0 bridgehead atoms. The molecular formula is C75H49N7Si. The fraction of sp³-hybridized carbons (Fsp3) is 0. The van der Waals surface area contributed by atoms with Crippen molar-refractivity contribution in [2.75, 3.05) is 0 Å². The number of benzene rings is 12. The van der Waals surface area contributed by atoms with Gasteiger partial charge in [0.1, 0.15) is 0 Å². The lowest BCUT2D eigenvalue weighted by Crippen LogP contribution is -2.74. The van der Waals surface area contributed by atoms with Gasteiger partial charge in [-0.05, 0) is 75.3 Å². The molecule has 0 aliphatic rings. The molecule has 0 N–H and O–H groups in total. The van der Waals surface area contributed by atoms with Crippen molar-refractivity contribution in [3.63, 3.8) is 0 Å². The maximum absolute atomic E-state index is 5.74. The van der Waals surface area contributed by atoms with Crippen LogP contribution in [-0.2, 0) is 0 Å². The molecule has 83 heavy (non-hydrogen) atoms. The van der Waals surface area contributed by atoms with E-state index in [4.69, 9.17) is 15.0 Å². The Bertz CT molecular complexity index is 5200. The molecule has 17 rings (SSSR count). The average molecular weight is 1080 g/mol. The fourth-order valence-electron chi connectivity index (χ4n) is 13.8. The van der Waals surface area contributed by atoms with Gasteiger partial charge < -0.3 is 9.13 Å². The highest BCUT2D eigenvalue weighted by Gasteiger charge is 2.41. The molecule has 17 aromatic rings. The van der Waals surface area contributed by atoms with Crippen LogP contribution in [0.3, 0.4) is 0 Å². The van der Waals surface area contributed by atoms with Crippen molar-refractivity contribution in [1.29, 1.82) is 0 Å². The Morgan fingerprint density at radius 2 is 0.590 bits per heavy atom. The first-order valence-corrected chi connectivity index (χ1v) is 30.3. The van der Waals surface area contributed by atoms with E-state index < -0.39 is 8.07 Å². The molecule has 8 heteroatoms. The molecule has 0 atom stereocenters. The number of para-hydroxylation sites is 7. The van der Waals surface area contributed by atoms with E-state index >= 15 is 0 Å². The Kier molecular flexibility index (Phi) is 10.5. The minimum atomic E-state index is -2.96. The summed E-state index contributed by atoms with van der Waals surface area (Å²) in [7, 11) is -2.96. The number of hydrogen-bond donors (Lipinski definition) is 0. The summed E-state index contributed by atoms with van der Waals surface area (Å²) in [6.45, 7) is 0. The second kappa shape index (κ2) is 18.6. The first-order valence-electron chi connectivity index (χ1n) is 28.3. The van der Waals surface area contributed by atoms with Gasteiger partial charge in [-0.3, -0.25) is 9.13 Å². The molecule has 0 unspecified atom stereocenters. The van der Waals surface area contributed by atoms with Gasteiger partial charge in [0.15, 0.2) is 13.9 Å². The number of rotatable bonds is 9. The molecule has 7 nitrogen and oxygen atoms in total. The van der Waals surface area contributed by atoms with Crippen LogP contribution in [0.5, 0.6) is 0 Å². The quantitative estimate of drug-likeness (QED) is 0.107. The Balaban J connectivity index is 0.966. The summed E-state index contributed by atoms with van der Waals surface area (Å²) in [6, 6.07) is 108. The summed E-state index contributed by atoms with van der Waals surface area (Å²) in [5, 5.41) is 14.3. The average Bonchev–Trinajstić information content (AvgIpc) is 3.09. The summed E-state index contributed by atoms with van der Waals surface area (Å²) in [4.78, 5) is 17.1. The van der Waals surface area contributed by atoms with Crippen molar-refractivity contribution in [2.24, 2.45) is 0 Å². The highest BCUT2D eigenvalue weighted by atomic mass is 28.3. The van der Waals surface area contributed by atoms with Crippen molar-refractivity contribution >= 4 is 116 Å². The van der Waals surface area contributed by atoms with Crippen LogP contribution < -0.4 is 20.7 Å². The predicted molar refractivity (Wildman–Crippen MR) is 346 cm³/mol. The van der Waals surface area contributed by atoms with E-state index in [0.717, 1.165) is 77.0 Å². The number of hydrogen-bond acceptors (Lipinski definition) is 3. The maximum atomic E-state index is 5.74. The first kappa shape index (κ1) is 46.9. The zero-order valence-electron chi connectivity index (χ0n) is 44.9. The zero-order valence-corrected chi connectivity index (χ0v) is 45.9. The molecule has 0 radical (unpaired) electrons. The lowest BCUT2D eigenvalue weighted by molar-refractivity contribution is 0.891. The molecule has 0 aliphatic carbocycles. The van der Waals surface area contributed by atoms with Crippen LogP contribution >= 0.6 is 0 Å². The molecule has 0 amide bonds. The number of fused-ring (bicyclic) bond motifs is 12. The zero-order chi connectivity index (χ0) is 54.6. The van der Waals surface area contributed by atoms with Gasteiger partial charge in [-0.2, -0.15) is 15.0 Å². The third-order valence-corrected chi connectivity index (χ3v) is 22.0. The van der Waals surface area contributed by atoms with Crippen LogP contribution in [0, 0.1) is 0 Å². The molecule has 0 fully saturated rings. The van der Waals surface area contributed by atoms with Crippen molar-refractivity contribution in [2.45, 2.75) is 0 Å². The van der Waals surface area contributed by atoms with Crippen LogP contribution in [0.2, 0.25) is 0 Å². The van der Waals surface area contributed by atoms with Crippen LogP contribution in [0.25, 0.3) is 122 Å². The Morgan fingerprint density at radius 1 is 0.241 bits per heavy atom. The normalized spacial score (nSPS) is 12.1. The van der Waals surface area contributed by atoms with Crippen molar-refractivity contribution in [3.8, 4) is 34.7 Å². The van der Waals surface area contributed by atoms with E-state index in [1.807, 2.05) is 0 Å². The van der Waals surface area contributed by atoms with Gasteiger partial charge >= 0.3 is 0 Å². The second-order valence-corrected chi connectivity index (χ2v) is 25.3. The SMILES string of the molecule is c1ccc([Si](c2ccccc2)(c2ccccc2)c2cccc(-c3nc(-n4c5ccccc5c5ccccc54)nc(-n4c5ccccc5c5cccc(-n6c7ccccc7c7c(-n8c9ccccc9c9ccccc98)cccc76)c54)n3)c2)cc1. The van der Waals surface area contributed by atoms with E-state index in [0.29, 0.717) is 17.7 Å². The highest BCUT2D eigenvalue weighted by molar-refractivity contribution is 7.19. The minimum absolute atomic E-state index is 0.514. The fourth-order valence-corrected chi connectivity index (χ4v) is 18.6. The van der Waals surface area contributed by atoms with Crippen molar-refractivity contribution in [1.82, 2.24) is 33.2 Å². The summed E-state index contributed by atoms with van der Waals surface area (Å²) in [5.41, 5.74) is 11.6. The third-order valence-electron chi connectivity index (χ3n) is 17.2. The van der Waals surface area contributed by atoms with Gasteiger partial charge in [-0.25, -0.2) is 0 Å². The van der Waals surface area contributed by atoms with Crippen LogP contribution in [0.1, 0.15) is 0 Å². The van der Waals surface area contributed by atoms with Crippen LogP contribution in [0.15, 0.2) is 297 Å². The lowest BCUT2D eigenvalue weighted by atomic mass is 10.1. The van der Waals surface area contributed by atoms with E-state index in [9.17, 15) is 0 Å². The summed E-state index contributed by atoms with van der Waals surface area (Å²) < 4.78 is 9.42. The molecule has 388 valence electrons. The topological polar surface area (TPSA) is 58.4 Å². The van der Waals surface area contributed by atoms with Gasteiger partial charge in [0.25, 0.3) is 0 Å². The summed E-state index contributed by atoms with van der Waals surface area (Å²) in [5.74, 6) is 1.61. The molecule has 0 saturated heterocycles. The smallest absolute Gasteiger partial charge is 0.240 e. The molecule has 0 aliphatic heterocycles.